The molecule has 0 saturated heterocycles. The Kier molecular flexibility index (Phi) is 7.04. The van der Waals surface area contributed by atoms with Gasteiger partial charge in [0.2, 0.25) is 15.9 Å². The van der Waals surface area contributed by atoms with Gasteiger partial charge in [0.05, 0.1) is 25.5 Å². The number of nitrogens with zero attached hydrogens (tertiary/aromatic N) is 1. The molecule has 2 rings (SSSR count). The molecule has 0 fully saturated rings. The van der Waals surface area contributed by atoms with Gasteiger partial charge in [0.15, 0.2) is 11.5 Å². The number of carbonyl (C=O) groups excluding carboxylic acids is 1. The van der Waals surface area contributed by atoms with Gasteiger partial charge in [-0.25, -0.2) is 8.42 Å². The van der Waals surface area contributed by atoms with Crippen molar-refractivity contribution in [2.75, 3.05) is 26.6 Å². The molecule has 28 heavy (non-hydrogen) atoms. The lowest BCUT2D eigenvalue weighted by Gasteiger charge is -2.21. The van der Waals surface area contributed by atoms with E-state index in [-0.39, 0.29) is 23.3 Å². The Morgan fingerprint density at radius 3 is 2.18 bits per heavy atom. The lowest BCUT2D eigenvalue weighted by atomic mass is 10.1. The highest BCUT2D eigenvalue weighted by atomic mass is 32.2. The maximum absolute atomic E-state index is 12.5. The van der Waals surface area contributed by atoms with Crippen molar-refractivity contribution in [3.63, 3.8) is 0 Å². The van der Waals surface area contributed by atoms with Crippen LogP contribution in [-0.2, 0) is 21.2 Å². The maximum Gasteiger partial charge on any atom is 0.243 e. The topological polar surface area (TPSA) is 84.9 Å². The second-order valence-electron chi connectivity index (χ2n) is 6.55. The normalized spacial score (nSPS) is 11.5. The number of sulfonamides is 1. The van der Waals surface area contributed by atoms with Gasteiger partial charge < -0.3 is 14.8 Å². The fourth-order valence-electron chi connectivity index (χ4n) is 2.54. The standard InChI is InChI=1S/C20H26N2O5S/c1-14(2)22(3)28(24,25)17-9-7-16(8-10-17)21-20(23)13-15-6-11-18(26-4)19(12-15)27-5/h6-12,14H,13H2,1-5H3,(H,21,23). The van der Waals surface area contributed by atoms with Crippen LogP contribution >= 0.6 is 0 Å². The predicted octanol–water partition coefficient (Wildman–Crippen LogP) is 2.91. The van der Waals surface area contributed by atoms with Crippen molar-refractivity contribution in [3.8, 4) is 11.5 Å². The number of nitrogens with one attached hydrogen (secondary N) is 1. The molecule has 1 amide bonds. The fourth-order valence-corrected chi connectivity index (χ4v) is 3.90. The van der Waals surface area contributed by atoms with Gasteiger partial charge in [0.25, 0.3) is 0 Å². The van der Waals surface area contributed by atoms with Crippen molar-refractivity contribution < 1.29 is 22.7 Å². The predicted molar refractivity (Wildman–Crippen MR) is 108 cm³/mol. The minimum Gasteiger partial charge on any atom is -0.493 e. The largest absolute Gasteiger partial charge is 0.493 e. The van der Waals surface area contributed by atoms with Crippen LogP contribution in [0.25, 0.3) is 0 Å². The van der Waals surface area contributed by atoms with Crippen molar-refractivity contribution in [1.29, 1.82) is 0 Å². The fraction of sp³-hybridized carbons (Fsp3) is 0.350. The summed E-state index contributed by atoms with van der Waals surface area (Å²) < 4.78 is 36.7. The van der Waals surface area contributed by atoms with Crippen LogP contribution in [0.5, 0.6) is 11.5 Å². The molecule has 2 aromatic rings. The Morgan fingerprint density at radius 2 is 1.64 bits per heavy atom. The summed E-state index contributed by atoms with van der Waals surface area (Å²) in [5, 5.41) is 2.77. The highest BCUT2D eigenvalue weighted by Crippen LogP contribution is 2.28. The molecule has 0 aromatic heterocycles. The van der Waals surface area contributed by atoms with E-state index in [9.17, 15) is 13.2 Å². The highest BCUT2D eigenvalue weighted by Gasteiger charge is 2.22. The average molecular weight is 407 g/mol. The Bertz CT molecular complexity index is 924. The van der Waals surface area contributed by atoms with Gasteiger partial charge in [-0.3, -0.25) is 4.79 Å². The lowest BCUT2D eigenvalue weighted by Crippen LogP contribution is -2.33. The zero-order valence-corrected chi connectivity index (χ0v) is 17.5. The summed E-state index contributed by atoms with van der Waals surface area (Å²) in [4.78, 5) is 12.5. The SMILES string of the molecule is COc1ccc(CC(=O)Nc2ccc(S(=O)(=O)N(C)C(C)C)cc2)cc1OC. The van der Waals surface area contributed by atoms with Gasteiger partial charge in [0.1, 0.15) is 0 Å². The quantitative estimate of drug-likeness (QED) is 0.729. The van der Waals surface area contributed by atoms with Crippen LogP contribution in [0, 0.1) is 0 Å². The molecule has 0 aliphatic heterocycles. The zero-order valence-electron chi connectivity index (χ0n) is 16.7. The minimum atomic E-state index is -3.55. The maximum atomic E-state index is 12.5. The van der Waals surface area contributed by atoms with E-state index in [1.165, 1.54) is 23.5 Å². The monoisotopic (exact) mass is 406 g/mol. The number of methoxy groups -OCH3 is 2. The Hall–Kier alpha value is -2.58. The summed E-state index contributed by atoms with van der Waals surface area (Å²) in [5.74, 6) is 0.925. The van der Waals surface area contributed by atoms with Crippen LogP contribution in [0.1, 0.15) is 19.4 Å². The summed E-state index contributed by atoms with van der Waals surface area (Å²) in [6.45, 7) is 3.61. The Labute approximate surface area is 166 Å². The number of benzene rings is 2. The van der Waals surface area contributed by atoms with Gasteiger partial charge in [0, 0.05) is 18.8 Å². The molecule has 0 unspecified atom stereocenters. The molecule has 152 valence electrons. The molecule has 0 saturated carbocycles. The number of amides is 1. The first-order valence-electron chi connectivity index (χ1n) is 8.78. The van der Waals surface area contributed by atoms with Crippen molar-refractivity contribution in [2.45, 2.75) is 31.2 Å². The minimum absolute atomic E-state index is 0.147. The van der Waals surface area contributed by atoms with Crippen molar-refractivity contribution in [2.24, 2.45) is 0 Å². The molecule has 2 aromatic carbocycles. The lowest BCUT2D eigenvalue weighted by molar-refractivity contribution is -0.115. The number of ether oxygens (including phenoxy) is 2. The van der Waals surface area contributed by atoms with E-state index in [0.29, 0.717) is 17.2 Å². The van der Waals surface area contributed by atoms with E-state index in [2.05, 4.69) is 5.32 Å². The van der Waals surface area contributed by atoms with Crippen LogP contribution < -0.4 is 14.8 Å². The first kappa shape index (κ1) is 21.7. The third-order valence-electron chi connectivity index (χ3n) is 4.35. The molecule has 7 nitrogen and oxygen atoms in total. The first-order valence-corrected chi connectivity index (χ1v) is 10.2. The number of hydrogen-bond acceptors (Lipinski definition) is 5. The number of hydrogen-bond donors (Lipinski definition) is 1. The zero-order chi connectivity index (χ0) is 20.9. The molecule has 1 N–H and O–H groups in total. The molecule has 0 aliphatic rings. The van der Waals surface area contributed by atoms with Crippen LogP contribution in [0.15, 0.2) is 47.4 Å². The van der Waals surface area contributed by atoms with Crippen LogP contribution in [0.4, 0.5) is 5.69 Å². The molecule has 0 spiro atoms. The summed E-state index contributed by atoms with van der Waals surface area (Å²) in [5.41, 5.74) is 1.30. The van der Waals surface area contributed by atoms with Crippen LogP contribution in [0.2, 0.25) is 0 Å². The number of carbonyl (C=O) groups is 1. The Balaban J connectivity index is 2.07. The second-order valence-corrected chi connectivity index (χ2v) is 8.55. The molecule has 0 heterocycles. The third kappa shape index (κ3) is 5.02. The average Bonchev–Trinajstić information content (AvgIpc) is 2.67. The van der Waals surface area contributed by atoms with Gasteiger partial charge in [-0.1, -0.05) is 6.07 Å². The van der Waals surface area contributed by atoms with E-state index in [1.54, 1.807) is 58.3 Å². The van der Waals surface area contributed by atoms with E-state index < -0.39 is 10.0 Å². The van der Waals surface area contributed by atoms with E-state index >= 15 is 0 Å². The third-order valence-corrected chi connectivity index (χ3v) is 6.40. The van der Waals surface area contributed by atoms with Gasteiger partial charge in [-0.05, 0) is 55.8 Å². The van der Waals surface area contributed by atoms with Gasteiger partial charge in [-0.15, -0.1) is 0 Å². The molecule has 8 heteroatoms. The molecule has 0 bridgehead atoms. The first-order chi connectivity index (χ1) is 13.2. The van der Waals surface area contributed by atoms with E-state index in [1.807, 2.05) is 0 Å². The second kappa shape index (κ2) is 9.07. The van der Waals surface area contributed by atoms with Gasteiger partial charge >= 0.3 is 0 Å². The Morgan fingerprint density at radius 1 is 1.04 bits per heavy atom. The molecular formula is C20H26N2O5S. The van der Waals surface area contributed by atoms with E-state index in [0.717, 1.165) is 5.56 Å². The molecule has 0 radical (unpaired) electrons. The van der Waals surface area contributed by atoms with Crippen molar-refractivity contribution in [1.82, 2.24) is 4.31 Å². The van der Waals surface area contributed by atoms with Crippen molar-refractivity contribution in [3.05, 3.63) is 48.0 Å². The highest BCUT2D eigenvalue weighted by molar-refractivity contribution is 7.89. The smallest absolute Gasteiger partial charge is 0.243 e. The summed E-state index contributed by atoms with van der Waals surface area (Å²) in [7, 11) is 1.07. The van der Waals surface area contributed by atoms with Gasteiger partial charge in [-0.2, -0.15) is 4.31 Å². The molecular weight excluding hydrogens is 380 g/mol. The van der Waals surface area contributed by atoms with Crippen molar-refractivity contribution >= 4 is 21.6 Å². The summed E-state index contributed by atoms with van der Waals surface area (Å²) in [6, 6.07) is 11.3. The van der Waals surface area contributed by atoms with Crippen LogP contribution in [0.3, 0.4) is 0 Å². The van der Waals surface area contributed by atoms with E-state index in [4.69, 9.17) is 9.47 Å². The van der Waals surface area contributed by atoms with Crippen LogP contribution in [-0.4, -0.2) is 45.9 Å². The number of anilines is 1. The molecule has 0 atom stereocenters. The summed E-state index contributed by atoms with van der Waals surface area (Å²) in [6.07, 6.45) is 0.149. The molecule has 0 aliphatic carbocycles. The summed E-state index contributed by atoms with van der Waals surface area (Å²) >= 11 is 0. The number of rotatable bonds is 8.